The van der Waals surface area contributed by atoms with Gasteiger partial charge in [-0.15, -0.1) is 0 Å². The lowest BCUT2D eigenvalue weighted by Gasteiger charge is -2.34. The first-order chi connectivity index (χ1) is 10.7. The molecule has 2 aliphatic heterocycles. The molecule has 4 nitrogen and oxygen atoms in total. The maximum absolute atomic E-state index is 11.7. The molecule has 0 amide bonds. The Balaban J connectivity index is 1.77. The average molecular weight is 323 g/mol. The van der Waals surface area contributed by atoms with E-state index in [-0.39, 0.29) is 11.9 Å². The number of rotatable bonds is 3. The molecule has 22 heavy (non-hydrogen) atoms. The van der Waals surface area contributed by atoms with Crippen LogP contribution in [0, 0.1) is 5.92 Å². The van der Waals surface area contributed by atoms with Gasteiger partial charge >= 0.3 is 5.97 Å². The van der Waals surface area contributed by atoms with E-state index in [2.05, 4.69) is 22.3 Å². The summed E-state index contributed by atoms with van der Waals surface area (Å²) in [4.78, 5) is 14.0. The molecule has 0 bridgehead atoms. The number of hydrogen-bond acceptors (Lipinski definition) is 4. The first-order valence-corrected chi connectivity index (χ1v) is 8.39. The van der Waals surface area contributed by atoms with Crippen LogP contribution < -0.4 is 10.2 Å². The van der Waals surface area contributed by atoms with Crippen LogP contribution in [0.15, 0.2) is 18.2 Å². The molecule has 0 unspecified atom stereocenters. The summed E-state index contributed by atoms with van der Waals surface area (Å²) in [6.07, 6.45) is 2.87. The molecule has 1 atom stereocenters. The number of carbonyl (C=O) groups excluding carboxylic acids is 1. The molecule has 2 heterocycles. The number of nitrogens with one attached hydrogen (secondary N) is 1. The van der Waals surface area contributed by atoms with Crippen molar-refractivity contribution < 1.29 is 9.53 Å². The van der Waals surface area contributed by atoms with Gasteiger partial charge in [-0.25, -0.2) is 0 Å². The lowest BCUT2D eigenvalue weighted by molar-refractivity contribution is -0.146. The Morgan fingerprint density at radius 1 is 1.32 bits per heavy atom. The predicted octanol–water partition coefficient (Wildman–Crippen LogP) is 2.81. The highest BCUT2D eigenvalue weighted by Crippen LogP contribution is 2.35. The van der Waals surface area contributed by atoms with E-state index in [0.717, 1.165) is 44.0 Å². The topological polar surface area (TPSA) is 41.6 Å². The largest absolute Gasteiger partial charge is 0.469 e. The SMILES string of the molecule is COC(=O)C1CCN(c2cc(Cl)ccc2[C@@H]2CCNC2)CC1. The van der Waals surface area contributed by atoms with Crippen LogP contribution >= 0.6 is 11.6 Å². The number of nitrogens with zero attached hydrogens (tertiary/aromatic N) is 1. The normalized spacial score (nSPS) is 22.8. The molecular weight excluding hydrogens is 300 g/mol. The van der Waals surface area contributed by atoms with Crippen molar-refractivity contribution in [3.63, 3.8) is 0 Å². The van der Waals surface area contributed by atoms with Crippen LogP contribution in [0.25, 0.3) is 0 Å². The first kappa shape index (κ1) is 15.6. The van der Waals surface area contributed by atoms with Crippen LogP contribution in [0.4, 0.5) is 5.69 Å². The smallest absolute Gasteiger partial charge is 0.308 e. The van der Waals surface area contributed by atoms with Crippen molar-refractivity contribution >= 4 is 23.3 Å². The van der Waals surface area contributed by atoms with E-state index >= 15 is 0 Å². The summed E-state index contributed by atoms with van der Waals surface area (Å²) in [5, 5.41) is 4.21. The van der Waals surface area contributed by atoms with Crippen molar-refractivity contribution in [3.8, 4) is 0 Å². The number of anilines is 1. The second-order valence-corrected chi connectivity index (χ2v) is 6.61. The van der Waals surface area contributed by atoms with Gasteiger partial charge in [0.15, 0.2) is 0 Å². The summed E-state index contributed by atoms with van der Waals surface area (Å²) >= 11 is 6.23. The third-order valence-corrected chi connectivity index (χ3v) is 5.10. The number of benzene rings is 1. The first-order valence-electron chi connectivity index (χ1n) is 8.02. The van der Waals surface area contributed by atoms with Crippen LogP contribution in [-0.2, 0) is 9.53 Å². The van der Waals surface area contributed by atoms with Gasteiger partial charge in [-0.1, -0.05) is 17.7 Å². The molecule has 0 saturated carbocycles. The molecule has 2 saturated heterocycles. The average Bonchev–Trinajstić information content (AvgIpc) is 3.08. The fourth-order valence-corrected chi connectivity index (χ4v) is 3.75. The molecule has 1 aromatic rings. The Morgan fingerprint density at radius 3 is 2.73 bits per heavy atom. The quantitative estimate of drug-likeness (QED) is 0.869. The molecule has 0 radical (unpaired) electrons. The summed E-state index contributed by atoms with van der Waals surface area (Å²) < 4.78 is 4.87. The second kappa shape index (κ2) is 6.88. The Labute approximate surface area is 136 Å². The monoisotopic (exact) mass is 322 g/mol. The number of hydrogen-bond donors (Lipinski definition) is 1. The van der Waals surface area contributed by atoms with E-state index in [1.54, 1.807) is 0 Å². The summed E-state index contributed by atoms with van der Waals surface area (Å²) in [6, 6.07) is 6.23. The Morgan fingerprint density at radius 2 is 2.09 bits per heavy atom. The molecule has 5 heteroatoms. The summed E-state index contributed by atoms with van der Waals surface area (Å²) in [7, 11) is 1.47. The van der Waals surface area contributed by atoms with Crippen molar-refractivity contribution in [3.05, 3.63) is 28.8 Å². The minimum absolute atomic E-state index is 0.0389. The highest BCUT2D eigenvalue weighted by molar-refractivity contribution is 6.30. The van der Waals surface area contributed by atoms with Gasteiger partial charge in [-0.2, -0.15) is 0 Å². The number of ether oxygens (including phenoxy) is 1. The molecule has 0 spiro atoms. The zero-order valence-corrected chi connectivity index (χ0v) is 13.7. The highest BCUT2D eigenvalue weighted by Gasteiger charge is 2.28. The van der Waals surface area contributed by atoms with E-state index in [1.165, 1.54) is 24.8 Å². The van der Waals surface area contributed by atoms with Gasteiger partial charge in [0.25, 0.3) is 0 Å². The lowest BCUT2D eigenvalue weighted by atomic mass is 9.92. The zero-order chi connectivity index (χ0) is 15.5. The van der Waals surface area contributed by atoms with Gasteiger partial charge in [0.2, 0.25) is 0 Å². The standard InChI is InChI=1S/C17H23ClN2O2/c1-22-17(21)12-5-8-20(9-6-12)16-10-14(18)2-3-15(16)13-4-7-19-11-13/h2-3,10,12-13,19H,4-9,11H2,1H3/t13-/m1/s1. The third kappa shape index (κ3) is 3.23. The molecule has 2 fully saturated rings. The number of halogens is 1. The van der Waals surface area contributed by atoms with Crippen LogP contribution in [0.2, 0.25) is 5.02 Å². The highest BCUT2D eigenvalue weighted by atomic mass is 35.5. The molecule has 2 aliphatic rings. The van der Waals surface area contributed by atoms with E-state index < -0.39 is 0 Å². The van der Waals surface area contributed by atoms with Crippen molar-refractivity contribution in [1.82, 2.24) is 5.32 Å². The predicted molar refractivity (Wildman–Crippen MR) is 88.6 cm³/mol. The minimum atomic E-state index is -0.0778. The molecular formula is C17H23ClN2O2. The number of esters is 1. The van der Waals surface area contributed by atoms with Crippen molar-refractivity contribution in [2.24, 2.45) is 5.92 Å². The summed E-state index contributed by atoms with van der Waals surface area (Å²) in [5.41, 5.74) is 2.62. The fraction of sp³-hybridized carbons (Fsp3) is 0.588. The van der Waals surface area contributed by atoms with E-state index in [1.807, 2.05) is 6.07 Å². The Kier molecular flexibility index (Phi) is 4.89. The second-order valence-electron chi connectivity index (χ2n) is 6.18. The summed E-state index contributed by atoms with van der Waals surface area (Å²) in [6.45, 7) is 3.88. The number of piperidine rings is 1. The Hall–Kier alpha value is -1.26. The van der Waals surface area contributed by atoms with Gasteiger partial charge in [0, 0.05) is 30.3 Å². The molecule has 120 valence electrons. The molecule has 0 aliphatic carbocycles. The van der Waals surface area contributed by atoms with Gasteiger partial charge in [0.05, 0.1) is 13.0 Å². The van der Waals surface area contributed by atoms with Crippen LogP contribution in [-0.4, -0.2) is 39.3 Å². The number of methoxy groups -OCH3 is 1. The Bertz CT molecular complexity index is 535. The van der Waals surface area contributed by atoms with Gasteiger partial charge in [-0.05, 0) is 49.4 Å². The van der Waals surface area contributed by atoms with E-state index in [4.69, 9.17) is 16.3 Å². The van der Waals surface area contributed by atoms with Crippen molar-refractivity contribution in [2.75, 3.05) is 38.2 Å². The van der Waals surface area contributed by atoms with Crippen LogP contribution in [0.1, 0.15) is 30.7 Å². The lowest BCUT2D eigenvalue weighted by Crippen LogP contribution is -2.37. The molecule has 3 rings (SSSR count). The summed E-state index contributed by atoms with van der Waals surface area (Å²) in [5.74, 6) is 0.522. The van der Waals surface area contributed by atoms with E-state index in [9.17, 15) is 4.79 Å². The zero-order valence-electron chi connectivity index (χ0n) is 13.0. The maximum Gasteiger partial charge on any atom is 0.308 e. The van der Waals surface area contributed by atoms with Crippen molar-refractivity contribution in [2.45, 2.75) is 25.2 Å². The van der Waals surface area contributed by atoms with Crippen LogP contribution in [0.3, 0.4) is 0 Å². The van der Waals surface area contributed by atoms with Crippen LogP contribution in [0.5, 0.6) is 0 Å². The van der Waals surface area contributed by atoms with Crippen molar-refractivity contribution in [1.29, 1.82) is 0 Å². The molecule has 1 N–H and O–H groups in total. The fourth-order valence-electron chi connectivity index (χ4n) is 3.58. The van der Waals surface area contributed by atoms with Gasteiger partial charge in [-0.3, -0.25) is 4.79 Å². The maximum atomic E-state index is 11.7. The molecule has 1 aromatic carbocycles. The van der Waals surface area contributed by atoms with Gasteiger partial charge < -0.3 is 15.0 Å². The van der Waals surface area contributed by atoms with Gasteiger partial charge in [0.1, 0.15) is 0 Å². The number of carbonyl (C=O) groups is 1. The molecule has 0 aromatic heterocycles. The third-order valence-electron chi connectivity index (χ3n) is 4.86. The minimum Gasteiger partial charge on any atom is -0.469 e. The van der Waals surface area contributed by atoms with E-state index in [0.29, 0.717) is 5.92 Å².